The van der Waals surface area contributed by atoms with Crippen LogP contribution in [-0.2, 0) is 16.1 Å². The highest BCUT2D eigenvalue weighted by Crippen LogP contribution is 2.37. The average molecular weight is 619 g/mol. The Morgan fingerprint density at radius 2 is 1.69 bits per heavy atom. The van der Waals surface area contributed by atoms with Crippen molar-refractivity contribution in [3.63, 3.8) is 0 Å². The van der Waals surface area contributed by atoms with Crippen LogP contribution in [0.25, 0.3) is 10.9 Å². The van der Waals surface area contributed by atoms with Crippen molar-refractivity contribution >= 4 is 40.2 Å². The molecule has 45 heavy (non-hydrogen) atoms. The van der Waals surface area contributed by atoms with Crippen LogP contribution in [0, 0.1) is 18.6 Å². The van der Waals surface area contributed by atoms with E-state index in [1.165, 1.54) is 11.0 Å². The highest BCUT2D eigenvalue weighted by atomic mass is 19.1. The summed E-state index contributed by atoms with van der Waals surface area (Å²) in [7, 11) is 2.05. The number of likely N-dealkylation sites (N-methyl/N-ethyl adjacent to an activating group) is 1. The number of likely N-dealkylation sites (tertiary alicyclic amines) is 1. The number of piperazine rings is 1. The first-order valence-electron chi connectivity index (χ1n) is 15.6. The van der Waals surface area contributed by atoms with Gasteiger partial charge in [0, 0.05) is 67.7 Å². The van der Waals surface area contributed by atoms with Crippen molar-refractivity contribution in [2.75, 3.05) is 51.2 Å². The summed E-state index contributed by atoms with van der Waals surface area (Å²) in [6.07, 6.45) is 1.45. The largest absolute Gasteiger partial charge is 0.367 e. The molecule has 0 saturated carbocycles. The van der Waals surface area contributed by atoms with Gasteiger partial charge in [-0.15, -0.1) is 0 Å². The second-order valence-corrected chi connectivity index (χ2v) is 12.7. The van der Waals surface area contributed by atoms with Crippen molar-refractivity contribution in [2.24, 2.45) is 0 Å². The minimum Gasteiger partial charge on any atom is -0.367 e. The number of fused-ring (bicyclic) bond motifs is 2. The third-order valence-corrected chi connectivity index (χ3v) is 10.1. The Kier molecular flexibility index (Phi) is 7.34. The minimum absolute atomic E-state index is 0.0196. The molecule has 12 heteroatoms. The molecule has 0 radical (unpaired) electrons. The number of nitrogens with one attached hydrogen (secondary N) is 2. The molecule has 0 aliphatic carbocycles. The van der Waals surface area contributed by atoms with Gasteiger partial charge in [-0.2, -0.15) is 0 Å². The maximum Gasteiger partial charge on any atom is 0.270 e. The van der Waals surface area contributed by atoms with Gasteiger partial charge in [0.15, 0.2) is 0 Å². The Balaban J connectivity index is 1.04. The van der Waals surface area contributed by atoms with E-state index >= 15 is 8.78 Å². The summed E-state index contributed by atoms with van der Waals surface area (Å²) in [4.78, 5) is 61.3. The van der Waals surface area contributed by atoms with Gasteiger partial charge in [-0.05, 0) is 68.5 Å². The molecular formula is C33H36F2N6O4. The maximum absolute atomic E-state index is 15.9. The first-order chi connectivity index (χ1) is 21.6. The maximum atomic E-state index is 15.9. The number of aromatic amines is 1. The number of carbonyl (C=O) groups excluding carboxylic acids is 4. The quantitative estimate of drug-likeness (QED) is 0.435. The van der Waals surface area contributed by atoms with Gasteiger partial charge in [-0.3, -0.25) is 24.5 Å². The van der Waals surface area contributed by atoms with Crippen LogP contribution in [0.15, 0.2) is 24.3 Å². The van der Waals surface area contributed by atoms with E-state index in [-0.39, 0.29) is 54.1 Å². The van der Waals surface area contributed by atoms with Gasteiger partial charge in [-0.25, -0.2) is 8.78 Å². The molecule has 4 aliphatic rings. The summed E-state index contributed by atoms with van der Waals surface area (Å²) in [5.41, 5.74) is 3.43. The fraction of sp³-hybridized carbons (Fsp3) is 0.455. The minimum atomic E-state index is -0.803. The zero-order valence-electron chi connectivity index (χ0n) is 25.4. The van der Waals surface area contributed by atoms with Crippen LogP contribution in [-0.4, -0.2) is 95.7 Å². The highest BCUT2D eigenvalue weighted by molar-refractivity contribution is 6.05. The van der Waals surface area contributed by atoms with Crippen LogP contribution in [0.3, 0.4) is 0 Å². The van der Waals surface area contributed by atoms with Gasteiger partial charge in [-0.1, -0.05) is 6.07 Å². The van der Waals surface area contributed by atoms with E-state index in [1.54, 1.807) is 23.1 Å². The fourth-order valence-electron chi connectivity index (χ4n) is 7.33. The molecule has 4 amide bonds. The number of carbonyl (C=O) groups is 4. The molecule has 0 spiro atoms. The van der Waals surface area contributed by atoms with E-state index in [0.29, 0.717) is 53.8 Å². The van der Waals surface area contributed by atoms with E-state index in [0.717, 1.165) is 31.7 Å². The molecule has 10 nitrogen and oxygen atoms in total. The van der Waals surface area contributed by atoms with Crippen molar-refractivity contribution in [1.29, 1.82) is 0 Å². The summed E-state index contributed by atoms with van der Waals surface area (Å²) in [5, 5.41) is 2.95. The lowest BCUT2D eigenvalue weighted by Crippen LogP contribution is -2.52. The van der Waals surface area contributed by atoms with Gasteiger partial charge in [0.1, 0.15) is 23.4 Å². The third kappa shape index (κ3) is 5.04. The Bertz CT molecular complexity index is 1740. The molecule has 7 rings (SSSR count). The van der Waals surface area contributed by atoms with Gasteiger partial charge in [0.05, 0.1) is 12.2 Å². The number of aromatic nitrogens is 1. The SMILES string of the molecule is Cc1c(C(=O)N2CCC(c3ccc4c(c3F)CN(C3CCC(=O)NC3=O)C4=O)CC2)[nH]c2cc(N3CCN(C)CC3)c(F)cc12. The van der Waals surface area contributed by atoms with Gasteiger partial charge >= 0.3 is 0 Å². The standard InChI is InChI=1S/C33H36F2N6O4/c1-18-22-15-24(34)27(39-13-11-38(2)12-14-39)16-25(22)36-30(18)33(45)40-9-7-19(8-10-40)20-3-4-21-23(29(20)35)17-41(32(21)44)26-5-6-28(42)37-31(26)43/h3-4,15-16,19,26,36H,5-14,17H2,1-2H3,(H,37,42,43). The molecule has 1 unspecified atom stereocenters. The van der Waals surface area contributed by atoms with Crippen LogP contribution in [0.4, 0.5) is 14.5 Å². The molecule has 3 saturated heterocycles. The predicted molar refractivity (Wildman–Crippen MR) is 163 cm³/mol. The Hall–Kier alpha value is -4.32. The normalized spacial score (nSPS) is 21.6. The Labute approximate surface area is 259 Å². The number of hydrogen-bond donors (Lipinski definition) is 2. The number of imide groups is 1. The van der Waals surface area contributed by atoms with Crippen molar-refractivity contribution in [3.05, 3.63) is 63.8 Å². The van der Waals surface area contributed by atoms with Crippen molar-refractivity contribution in [1.82, 2.24) is 25.0 Å². The average Bonchev–Trinajstić information content (AvgIpc) is 3.53. The number of hydrogen-bond acceptors (Lipinski definition) is 6. The monoisotopic (exact) mass is 618 g/mol. The molecule has 0 bridgehead atoms. The van der Waals surface area contributed by atoms with Crippen molar-refractivity contribution < 1.29 is 28.0 Å². The molecule has 2 N–H and O–H groups in total. The molecule has 1 aromatic heterocycles. The van der Waals surface area contributed by atoms with Crippen LogP contribution >= 0.6 is 0 Å². The number of H-pyrrole nitrogens is 1. The van der Waals surface area contributed by atoms with Gasteiger partial charge in [0.2, 0.25) is 11.8 Å². The zero-order valence-corrected chi connectivity index (χ0v) is 25.4. The second-order valence-electron chi connectivity index (χ2n) is 12.7. The van der Waals surface area contributed by atoms with E-state index in [9.17, 15) is 19.2 Å². The number of piperidine rings is 2. The molecule has 1 atom stereocenters. The molecule has 3 aromatic rings. The van der Waals surface area contributed by atoms with Crippen LogP contribution < -0.4 is 10.2 Å². The van der Waals surface area contributed by atoms with Gasteiger partial charge < -0.3 is 24.6 Å². The van der Waals surface area contributed by atoms with Gasteiger partial charge in [0.25, 0.3) is 11.8 Å². The lowest BCUT2D eigenvalue weighted by Gasteiger charge is -2.34. The van der Waals surface area contributed by atoms with Crippen LogP contribution in [0.1, 0.15) is 69.1 Å². The number of anilines is 1. The molecule has 2 aromatic carbocycles. The number of amides is 4. The number of halogens is 2. The molecule has 5 heterocycles. The van der Waals surface area contributed by atoms with E-state index in [2.05, 4.69) is 22.2 Å². The topological polar surface area (TPSA) is 109 Å². The zero-order chi connectivity index (χ0) is 31.6. The van der Waals surface area contributed by atoms with E-state index < -0.39 is 23.7 Å². The number of rotatable bonds is 4. The van der Waals surface area contributed by atoms with Crippen molar-refractivity contribution in [2.45, 2.75) is 51.1 Å². The smallest absolute Gasteiger partial charge is 0.270 e. The fourth-order valence-corrected chi connectivity index (χ4v) is 7.33. The Morgan fingerprint density at radius 1 is 0.956 bits per heavy atom. The Morgan fingerprint density at radius 3 is 2.40 bits per heavy atom. The number of benzene rings is 2. The second kappa shape index (κ2) is 11.2. The predicted octanol–water partition coefficient (Wildman–Crippen LogP) is 3.29. The summed E-state index contributed by atoms with van der Waals surface area (Å²) in [6.45, 7) is 5.84. The lowest BCUT2D eigenvalue weighted by molar-refractivity contribution is -0.136. The highest BCUT2D eigenvalue weighted by Gasteiger charge is 2.41. The summed E-state index contributed by atoms with van der Waals surface area (Å²) >= 11 is 0. The van der Waals surface area contributed by atoms with E-state index in [1.807, 2.05) is 11.8 Å². The van der Waals surface area contributed by atoms with Crippen molar-refractivity contribution in [3.8, 4) is 0 Å². The van der Waals surface area contributed by atoms with E-state index in [4.69, 9.17) is 0 Å². The summed E-state index contributed by atoms with van der Waals surface area (Å²) < 4.78 is 31.1. The molecule has 3 fully saturated rings. The van der Waals surface area contributed by atoms with Crippen LogP contribution in [0.2, 0.25) is 0 Å². The summed E-state index contributed by atoms with van der Waals surface area (Å²) in [5.74, 6) is -2.35. The first-order valence-corrected chi connectivity index (χ1v) is 15.6. The molecule has 236 valence electrons. The third-order valence-electron chi connectivity index (χ3n) is 10.1. The summed E-state index contributed by atoms with van der Waals surface area (Å²) in [6, 6.07) is 5.79. The van der Waals surface area contributed by atoms with Crippen LogP contribution in [0.5, 0.6) is 0 Å². The number of aryl methyl sites for hydroxylation is 1. The molecular weight excluding hydrogens is 582 g/mol. The lowest BCUT2D eigenvalue weighted by atomic mass is 9.87. The first kappa shape index (κ1) is 29.4. The number of nitrogens with zero attached hydrogens (tertiary/aromatic N) is 4. The molecule has 4 aliphatic heterocycles.